The molecule has 4 nitrogen and oxygen atoms in total. The molecule has 0 atom stereocenters. The highest BCUT2D eigenvalue weighted by Gasteiger charge is 2.20. The summed E-state index contributed by atoms with van der Waals surface area (Å²) in [5, 5.41) is 0.411. The van der Waals surface area contributed by atoms with Gasteiger partial charge in [0.1, 0.15) is 4.90 Å². The van der Waals surface area contributed by atoms with E-state index < -0.39 is 10.0 Å². The van der Waals surface area contributed by atoms with Gasteiger partial charge in [-0.2, -0.15) is 0 Å². The molecule has 0 saturated carbocycles. The summed E-state index contributed by atoms with van der Waals surface area (Å²) >= 11 is 15.1. The van der Waals surface area contributed by atoms with Gasteiger partial charge < -0.3 is 5.73 Å². The van der Waals surface area contributed by atoms with Gasteiger partial charge in [0, 0.05) is 4.47 Å². The Morgan fingerprint density at radius 3 is 2.25 bits per heavy atom. The lowest BCUT2D eigenvalue weighted by molar-refractivity contribution is 0.601. The zero-order valence-corrected chi connectivity index (χ0v) is 13.8. The molecule has 2 aromatic carbocycles. The molecule has 0 heterocycles. The van der Waals surface area contributed by atoms with Crippen LogP contribution in [0.3, 0.4) is 0 Å². The van der Waals surface area contributed by atoms with Crippen LogP contribution < -0.4 is 10.5 Å². The Morgan fingerprint density at radius 1 is 1.10 bits per heavy atom. The van der Waals surface area contributed by atoms with Gasteiger partial charge in [-0.05, 0) is 30.3 Å². The van der Waals surface area contributed by atoms with E-state index in [2.05, 4.69) is 20.7 Å². The van der Waals surface area contributed by atoms with E-state index in [1.165, 1.54) is 24.3 Å². The lowest BCUT2D eigenvalue weighted by Gasteiger charge is -2.12. The Hall–Kier alpha value is -0.950. The van der Waals surface area contributed by atoms with E-state index in [0.29, 0.717) is 4.47 Å². The maximum absolute atomic E-state index is 12.3. The van der Waals surface area contributed by atoms with Crippen LogP contribution >= 0.6 is 39.1 Å². The summed E-state index contributed by atoms with van der Waals surface area (Å²) in [4.78, 5) is -0.0447. The number of rotatable bonds is 3. The van der Waals surface area contributed by atoms with E-state index in [9.17, 15) is 8.42 Å². The van der Waals surface area contributed by atoms with Crippen LogP contribution in [-0.2, 0) is 10.0 Å². The minimum Gasteiger partial charge on any atom is -0.398 e. The summed E-state index contributed by atoms with van der Waals surface area (Å²) in [5.41, 5.74) is 5.97. The van der Waals surface area contributed by atoms with Crippen molar-refractivity contribution in [2.24, 2.45) is 0 Å². The second-order valence-corrected chi connectivity index (χ2v) is 7.27. The highest BCUT2D eigenvalue weighted by Crippen LogP contribution is 2.33. The van der Waals surface area contributed by atoms with Crippen LogP contribution in [0.15, 0.2) is 45.8 Å². The van der Waals surface area contributed by atoms with E-state index in [0.717, 1.165) is 0 Å². The molecule has 2 aromatic rings. The maximum Gasteiger partial charge on any atom is 0.264 e. The average Bonchev–Trinajstić information content (AvgIpc) is 2.33. The van der Waals surface area contributed by atoms with Crippen LogP contribution in [0.4, 0.5) is 11.4 Å². The Morgan fingerprint density at radius 2 is 1.70 bits per heavy atom. The summed E-state index contributed by atoms with van der Waals surface area (Å²) in [7, 11) is -3.87. The molecule has 0 spiro atoms. The van der Waals surface area contributed by atoms with Crippen molar-refractivity contribution < 1.29 is 8.42 Å². The number of nitrogens with one attached hydrogen (secondary N) is 1. The molecule has 0 aromatic heterocycles. The quantitative estimate of drug-likeness (QED) is 0.767. The molecule has 20 heavy (non-hydrogen) atoms. The largest absolute Gasteiger partial charge is 0.398 e. The van der Waals surface area contributed by atoms with Gasteiger partial charge in [0.15, 0.2) is 0 Å². The zero-order valence-electron chi connectivity index (χ0n) is 9.90. The van der Waals surface area contributed by atoms with Crippen molar-refractivity contribution >= 4 is 60.5 Å². The van der Waals surface area contributed by atoms with Crippen molar-refractivity contribution in [2.45, 2.75) is 4.90 Å². The number of hydrogen-bond donors (Lipinski definition) is 2. The lowest BCUT2D eigenvalue weighted by atomic mass is 10.3. The summed E-state index contributed by atoms with van der Waals surface area (Å²) in [5.74, 6) is 0. The molecule has 0 unspecified atom stereocenters. The normalized spacial score (nSPS) is 11.3. The van der Waals surface area contributed by atoms with Crippen molar-refractivity contribution in [3.8, 4) is 0 Å². The van der Waals surface area contributed by atoms with Gasteiger partial charge in [0.2, 0.25) is 0 Å². The van der Waals surface area contributed by atoms with Gasteiger partial charge in [-0.25, -0.2) is 8.42 Å². The van der Waals surface area contributed by atoms with Crippen LogP contribution in [0.5, 0.6) is 0 Å². The Kier molecular flexibility index (Phi) is 4.49. The first-order valence-electron chi connectivity index (χ1n) is 5.33. The molecule has 0 amide bonds. The van der Waals surface area contributed by atoms with Crippen molar-refractivity contribution in [3.05, 3.63) is 50.9 Å². The third kappa shape index (κ3) is 3.20. The van der Waals surface area contributed by atoms with E-state index in [-0.39, 0.29) is 26.3 Å². The number of hydrogen-bond acceptors (Lipinski definition) is 3. The predicted octanol–water partition coefficient (Wildman–Crippen LogP) is 4.14. The first-order valence-corrected chi connectivity index (χ1v) is 8.36. The number of sulfonamides is 1. The standard InChI is InChI=1S/C12H9BrCl2N2O2S/c13-7-4-5-11(10(16)6-7)20(18,19)17-12-8(14)2-1-3-9(12)15/h1-6,17H,16H2. The fourth-order valence-electron chi connectivity index (χ4n) is 1.55. The summed E-state index contributed by atoms with van der Waals surface area (Å²) in [6, 6.07) is 9.18. The van der Waals surface area contributed by atoms with Crippen LogP contribution in [0.25, 0.3) is 0 Å². The van der Waals surface area contributed by atoms with Gasteiger partial charge in [0.05, 0.1) is 21.4 Å². The van der Waals surface area contributed by atoms with Crippen molar-refractivity contribution in [1.29, 1.82) is 0 Å². The van der Waals surface area contributed by atoms with Gasteiger partial charge in [-0.1, -0.05) is 45.2 Å². The number of nitrogens with two attached hydrogens (primary N) is 1. The van der Waals surface area contributed by atoms with Crippen molar-refractivity contribution in [1.82, 2.24) is 0 Å². The molecular weight excluding hydrogens is 387 g/mol. The third-order valence-corrected chi connectivity index (χ3v) is 5.01. The topological polar surface area (TPSA) is 72.2 Å². The fraction of sp³-hybridized carbons (Fsp3) is 0. The molecule has 106 valence electrons. The molecule has 8 heteroatoms. The Balaban J connectivity index is 2.46. The molecule has 0 bridgehead atoms. The summed E-state index contributed by atoms with van der Waals surface area (Å²) in [6.07, 6.45) is 0. The SMILES string of the molecule is Nc1cc(Br)ccc1S(=O)(=O)Nc1c(Cl)cccc1Cl. The first kappa shape index (κ1) is 15.4. The van der Waals surface area contributed by atoms with Crippen LogP contribution in [0, 0.1) is 0 Å². The molecule has 0 saturated heterocycles. The molecule has 0 radical (unpaired) electrons. The summed E-state index contributed by atoms with van der Waals surface area (Å²) < 4.78 is 27.7. The van der Waals surface area contributed by atoms with Crippen molar-refractivity contribution in [3.63, 3.8) is 0 Å². The Bertz CT molecular complexity index is 746. The molecule has 0 aliphatic carbocycles. The molecular formula is C12H9BrCl2N2O2S. The lowest BCUT2D eigenvalue weighted by Crippen LogP contribution is -2.15. The maximum atomic E-state index is 12.3. The van der Waals surface area contributed by atoms with E-state index in [1.54, 1.807) is 12.1 Å². The number of para-hydroxylation sites is 1. The summed E-state index contributed by atoms with van der Waals surface area (Å²) in [6.45, 7) is 0. The van der Waals surface area contributed by atoms with Crippen LogP contribution in [0.2, 0.25) is 10.0 Å². The molecule has 2 rings (SSSR count). The van der Waals surface area contributed by atoms with Crippen LogP contribution in [0.1, 0.15) is 0 Å². The Labute approximate surface area is 135 Å². The third-order valence-electron chi connectivity index (χ3n) is 2.46. The van der Waals surface area contributed by atoms with Gasteiger partial charge >= 0.3 is 0 Å². The predicted molar refractivity (Wildman–Crippen MR) is 85.8 cm³/mol. The highest BCUT2D eigenvalue weighted by atomic mass is 79.9. The number of halogens is 3. The first-order chi connectivity index (χ1) is 9.31. The molecule has 0 fully saturated rings. The van der Waals surface area contributed by atoms with Gasteiger partial charge in [-0.3, -0.25) is 4.72 Å². The molecule has 0 aliphatic rings. The molecule has 0 aliphatic heterocycles. The second kappa shape index (κ2) is 5.81. The average molecular weight is 396 g/mol. The second-order valence-electron chi connectivity index (χ2n) is 3.88. The van der Waals surface area contributed by atoms with E-state index >= 15 is 0 Å². The molecule has 3 N–H and O–H groups in total. The monoisotopic (exact) mass is 394 g/mol. The number of nitrogen functional groups attached to an aromatic ring is 1. The van der Waals surface area contributed by atoms with Crippen molar-refractivity contribution in [2.75, 3.05) is 10.5 Å². The highest BCUT2D eigenvalue weighted by molar-refractivity contribution is 9.10. The van der Waals surface area contributed by atoms with E-state index in [4.69, 9.17) is 28.9 Å². The van der Waals surface area contributed by atoms with Gasteiger partial charge in [0.25, 0.3) is 10.0 Å². The number of anilines is 2. The number of benzene rings is 2. The van der Waals surface area contributed by atoms with Crippen LogP contribution in [-0.4, -0.2) is 8.42 Å². The smallest absolute Gasteiger partial charge is 0.264 e. The minimum atomic E-state index is -3.87. The van der Waals surface area contributed by atoms with E-state index in [1.807, 2.05) is 0 Å². The fourth-order valence-corrected chi connectivity index (χ4v) is 3.75. The van der Waals surface area contributed by atoms with Gasteiger partial charge in [-0.15, -0.1) is 0 Å². The minimum absolute atomic E-state index is 0.0447. The zero-order chi connectivity index (χ0) is 14.9.